The zero-order valence-electron chi connectivity index (χ0n) is 9.27. The first-order chi connectivity index (χ1) is 8.16. The number of rotatable bonds is 2. The largest absolute Gasteiger partial charge is 0.321 e. The van der Waals surface area contributed by atoms with E-state index in [9.17, 15) is 4.79 Å². The van der Waals surface area contributed by atoms with Crippen molar-refractivity contribution in [1.29, 1.82) is 0 Å². The highest BCUT2D eigenvalue weighted by molar-refractivity contribution is 14.1. The maximum Gasteiger partial charge on any atom is 0.257 e. The number of anilines is 1. The lowest BCUT2D eigenvalue weighted by Crippen LogP contribution is -2.12. The van der Waals surface area contributed by atoms with E-state index in [4.69, 9.17) is 0 Å². The second kappa shape index (κ2) is 5.27. The van der Waals surface area contributed by atoms with Gasteiger partial charge in [0.25, 0.3) is 5.91 Å². The van der Waals surface area contributed by atoms with Crippen molar-refractivity contribution in [2.75, 3.05) is 5.32 Å². The molecular formula is C13H11IN2O. The number of benzene rings is 1. The van der Waals surface area contributed by atoms with Gasteiger partial charge in [0.2, 0.25) is 0 Å². The van der Waals surface area contributed by atoms with Crippen molar-refractivity contribution >= 4 is 34.2 Å². The van der Waals surface area contributed by atoms with Gasteiger partial charge in [-0.05, 0) is 59.3 Å². The van der Waals surface area contributed by atoms with E-state index in [-0.39, 0.29) is 5.91 Å². The van der Waals surface area contributed by atoms with Gasteiger partial charge >= 0.3 is 0 Å². The topological polar surface area (TPSA) is 42.0 Å². The highest BCUT2D eigenvalue weighted by Crippen LogP contribution is 2.19. The lowest BCUT2D eigenvalue weighted by atomic mass is 10.2. The molecule has 1 heterocycles. The summed E-state index contributed by atoms with van der Waals surface area (Å²) in [5.41, 5.74) is 2.56. The first-order valence-electron chi connectivity index (χ1n) is 5.14. The van der Waals surface area contributed by atoms with Crippen molar-refractivity contribution in [3.8, 4) is 0 Å². The Morgan fingerprint density at radius 3 is 2.82 bits per heavy atom. The maximum atomic E-state index is 11.9. The Hall–Kier alpha value is -1.43. The van der Waals surface area contributed by atoms with Crippen LogP contribution >= 0.6 is 22.6 Å². The van der Waals surface area contributed by atoms with Crippen molar-refractivity contribution in [3.63, 3.8) is 0 Å². The van der Waals surface area contributed by atoms with E-state index >= 15 is 0 Å². The Balaban J connectivity index is 2.19. The summed E-state index contributed by atoms with van der Waals surface area (Å²) in [6, 6.07) is 9.39. The van der Waals surface area contributed by atoms with Crippen molar-refractivity contribution in [1.82, 2.24) is 4.98 Å². The molecule has 3 nitrogen and oxygen atoms in total. The summed E-state index contributed by atoms with van der Waals surface area (Å²) >= 11 is 2.21. The Labute approximate surface area is 113 Å². The van der Waals surface area contributed by atoms with Crippen molar-refractivity contribution in [2.45, 2.75) is 6.92 Å². The number of hydrogen-bond acceptors (Lipinski definition) is 2. The summed E-state index contributed by atoms with van der Waals surface area (Å²) < 4.78 is 1.03. The van der Waals surface area contributed by atoms with E-state index in [2.05, 4.69) is 32.9 Å². The van der Waals surface area contributed by atoms with Crippen LogP contribution in [0, 0.1) is 10.5 Å². The first kappa shape index (κ1) is 12.0. The molecule has 0 bridgehead atoms. The molecule has 0 aliphatic carbocycles. The van der Waals surface area contributed by atoms with Gasteiger partial charge in [-0.2, -0.15) is 0 Å². The van der Waals surface area contributed by atoms with E-state index in [0.29, 0.717) is 5.56 Å². The zero-order valence-corrected chi connectivity index (χ0v) is 11.4. The SMILES string of the molecule is Cc1ccc(NC(=O)c2cccnc2)c(I)c1. The summed E-state index contributed by atoms with van der Waals surface area (Å²) in [5.74, 6) is -0.139. The second-order valence-electron chi connectivity index (χ2n) is 3.68. The Bertz CT molecular complexity index is 540. The number of carbonyl (C=O) groups is 1. The van der Waals surface area contributed by atoms with E-state index in [1.54, 1.807) is 24.5 Å². The van der Waals surface area contributed by atoms with Gasteiger partial charge in [-0.3, -0.25) is 9.78 Å². The summed E-state index contributed by atoms with van der Waals surface area (Å²) in [7, 11) is 0. The summed E-state index contributed by atoms with van der Waals surface area (Å²) in [6.45, 7) is 2.02. The Kier molecular flexibility index (Phi) is 3.73. The van der Waals surface area contributed by atoms with Crippen molar-refractivity contribution in [3.05, 3.63) is 57.4 Å². The van der Waals surface area contributed by atoms with Crippen LogP contribution in [0.4, 0.5) is 5.69 Å². The molecule has 0 aliphatic heterocycles. The molecule has 0 atom stereocenters. The maximum absolute atomic E-state index is 11.9. The van der Waals surface area contributed by atoms with Crippen LogP contribution in [0.3, 0.4) is 0 Å². The zero-order chi connectivity index (χ0) is 12.3. The minimum atomic E-state index is -0.139. The Morgan fingerprint density at radius 1 is 1.35 bits per heavy atom. The van der Waals surface area contributed by atoms with Gasteiger partial charge in [0, 0.05) is 16.0 Å². The van der Waals surface area contributed by atoms with Crippen molar-refractivity contribution in [2.24, 2.45) is 0 Å². The first-order valence-corrected chi connectivity index (χ1v) is 6.22. The molecule has 1 N–H and O–H groups in total. The fraction of sp³-hybridized carbons (Fsp3) is 0.0769. The monoisotopic (exact) mass is 338 g/mol. The lowest BCUT2D eigenvalue weighted by molar-refractivity contribution is 0.102. The predicted molar refractivity (Wildman–Crippen MR) is 76.1 cm³/mol. The molecular weight excluding hydrogens is 327 g/mol. The molecule has 4 heteroatoms. The fourth-order valence-electron chi connectivity index (χ4n) is 1.41. The highest BCUT2D eigenvalue weighted by atomic mass is 127. The molecule has 1 aromatic heterocycles. The quantitative estimate of drug-likeness (QED) is 0.854. The van der Waals surface area contributed by atoms with Crippen LogP contribution in [0.5, 0.6) is 0 Å². The number of amides is 1. The molecule has 0 radical (unpaired) electrons. The van der Waals surface area contributed by atoms with Crippen LogP contribution in [-0.2, 0) is 0 Å². The predicted octanol–water partition coefficient (Wildman–Crippen LogP) is 3.25. The molecule has 2 aromatic rings. The van der Waals surface area contributed by atoms with E-state index in [0.717, 1.165) is 9.26 Å². The van der Waals surface area contributed by atoms with Gasteiger partial charge in [0.1, 0.15) is 0 Å². The van der Waals surface area contributed by atoms with E-state index in [1.165, 1.54) is 5.56 Å². The third kappa shape index (κ3) is 3.03. The van der Waals surface area contributed by atoms with E-state index < -0.39 is 0 Å². The number of nitrogens with zero attached hydrogens (tertiary/aromatic N) is 1. The normalized spacial score (nSPS) is 10.0. The van der Waals surface area contributed by atoms with Gasteiger partial charge in [0.15, 0.2) is 0 Å². The lowest BCUT2D eigenvalue weighted by Gasteiger charge is -2.07. The minimum absolute atomic E-state index is 0.139. The average Bonchev–Trinajstić information content (AvgIpc) is 2.34. The summed E-state index contributed by atoms with van der Waals surface area (Å²) in [6.07, 6.45) is 3.20. The van der Waals surface area contributed by atoms with Crippen LogP contribution in [0.1, 0.15) is 15.9 Å². The summed E-state index contributed by atoms with van der Waals surface area (Å²) in [5, 5.41) is 2.87. The van der Waals surface area contributed by atoms with Gasteiger partial charge in [0.05, 0.1) is 11.3 Å². The number of hydrogen-bond donors (Lipinski definition) is 1. The number of halogens is 1. The van der Waals surface area contributed by atoms with Crippen LogP contribution in [-0.4, -0.2) is 10.9 Å². The molecule has 0 spiro atoms. The third-order valence-corrected chi connectivity index (χ3v) is 3.19. The molecule has 0 unspecified atom stereocenters. The third-order valence-electron chi connectivity index (χ3n) is 2.30. The van der Waals surface area contributed by atoms with Gasteiger partial charge in [-0.15, -0.1) is 0 Å². The van der Waals surface area contributed by atoms with Crippen LogP contribution in [0.15, 0.2) is 42.7 Å². The smallest absolute Gasteiger partial charge is 0.257 e. The van der Waals surface area contributed by atoms with E-state index in [1.807, 2.05) is 25.1 Å². The highest BCUT2D eigenvalue weighted by Gasteiger charge is 2.07. The van der Waals surface area contributed by atoms with Gasteiger partial charge in [-0.25, -0.2) is 0 Å². The molecule has 1 amide bonds. The number of aryl methyl sites for hydroxylation is 1. The molecule has 2 rings (SSSR count). The number of carbonyl (C=O) groups excluding carboxylic acids is 1. The molecule has 17 heavy (non-hydrogen) atoms. The number of pyridine rings is 1. The molecule has 86 valence electrons. The molecule has 0 saturated heterocycles. The Morgan fingerprint density at radius 2 is 2.18 bits per heavy atom. The average molecular weight is 338 g/mol. The fourth-order valence-corrected chi connectivity index (χ4v) is 2.22. The van der Waals surface area contributed by atoms with Crippen LogP contribution in [0.25, 0.3) is 0 Å². The number of nitrogens with one attached hydrogen (secondary N) is 1. The van der Waals surface area contributed by atoms with Gasteiger partial charge < -0.3 is 5.32 Å². The standard InChI is InChI=1S/C13H11IN2O/c1-9-4-5-12(11(14)7-9)16-13(17)10-3-2-6-15-8-10/h2-8H,1H3,(H,16,17). The van der Waals surface area contributed by atoms with Crippen molar-refractivity contribution < 1.29 is 4.79 Å². The molecule has 0 aliphatic rings. The molecule has 0 saturated carbocycles. The van der Waals surface area contributed by atoms with Crippen LogP contribution < -0.4 is 5.32 Å². The minimum Gasteiger partial charge on any atom is -0.321 e. The number of aromatic nitrogens is 1. The van der Waals surface area contributed by atoms with Crippen LogP contribution in [0.2, 0.25) is 0 Å². The molecule has 0 fully saturated rings. The van der Waals surface area contributed by atoms with Gasteiger partial charge in [-0.1, -0.05) is 6.07 Å². The summed E-state index contributed by atoms with van der Waals surface area (Å²) in [4.78, 5) is 15.8. The second-order valence-corrected chi connectivity index (χ2v) is 4.84. The molecule has 1 aromatic carbocycles.